The SMILES string of the molecule is O=[n+]1[c-]co[nH]1.[K+]. The Kier molecular flexibility index (Phi) is 3.86. The Morgan fingerprint density at radius 1 is 1.86 bits per heavy atom. The minimum Gasteiger partial charge on any atom is -0.374 e. The van der Waals surface area contributed by atoms with Crippen LogP contribution in [-0.2, 0) is 0 Å². The van der Waals surface area contributed by atoms with Gasteiger partial charge in [-0.25, -0.2) is 0 Å². The molecule has 7 heavy (non-hydrogen) atoms. The molecule has 0 aromatic carbocycles. The summed E-state index contributed by atoms with van der Waals surface area (Å²) in [5.41, 5.74) is 0. The maximum absolute atomic E-state index is 9.78. The van der Waals surface area contributed by atoms with E-state index in [0.29, 0.717) is 4.54 Å². The Morgan fingerprint density at radius 3 is 2.71 bits per heavy atom. The molecule has 1 heterocycles. The number of H-pyrrole nitrogens is 1. The zero-order valence-corrected chi connectivity index (χ0v) is 6.96. The van der Waals surface area contributed by atoms with Crippen LogP contribution in [0, 0.1) is 11.1 Å². The Hall–Kier alpha value is 0.576. The number of hydrogen-bond donors (Lipinski definition) is 1. The van der Waals surface area contributed by atoms with Crippen LogP contribution >= 0.6 is 0 Å². The van der Waals surface area contributed by atoms with Crippen LogP contribution in [0.5, 0.6) is 0 Å². The van der Waals surface area contributed by atoms with E-state index >= 15 is 0 Å². The van der Waals surface area contributed by atoms with Crippen LogP contribution < -0.4 is 55.9 Å². The fraction of sp³-hybridized carbons (Fsp3) is 0. The van der Waals surface area contributed by atoms with Gasteiger partial charge in [0.05, 0.1) is 0 Å². The first kappa shape index (κ1) is 7.58. The van der Waals surface area contributed by atoms with E-state index in [0.717, 1.165) is 6.26 Å². The van der Waals surface area contributed by atoms with Gasteiger partial charge in [-0.3, -0.25) is 0 Å². The number of nitrogens with zero attached hydrogens (tertiary/aromatic N) is 1. The molecule has 0 aliphatic heterocycles. The van der Waals surface area contributed by atoms with Gasteiger partial charge in [0.15, 0.2) is 0 Å². The Labute approximate surface area is 81.9 Å². The average Bonchev–Trinajstić information content (AvgIpc) is 1.86. The first-order chi connectivity index (χ1) is 2.89. The molecule has 0 aliphatic carbocycles. The van der Waals surface area contributed by atoms with Crippen LogP contribution in [-0.4, -0.2) is 5.27 Å². The molecule has 1 N–H and O–H groups in total. The number of aromatic amines is 1. The zero-order chi connectivity index (χ0) is 4.41. The predicted octanol–water partition coefficient (Wildman–Crippen LogP) is -3.67. The molecule has 0 aliphatic rings. The second-order valence-corrected chi connectivity index (χ2v) is 0.750. The summed E-state index contributed by atoms with van der Waals surface area (Å²) in [6, 6.07) is 0. The topological polar surface area (TPSA) is 51.9 Å². The third kappa shape index (κ3) is 2.40. The van der Waals surface area contributed by atoms with Crippen LogP contribution in [0.2, 0.25) is 0 Å². The molecule has 0 atom stereocenters. The normalized spacial score (nSPS) is 7.43. The van der Waals surface area contributed by atoms with Crippen LogP contribution in [0.3, 0.4) is 0 Å². The molecular formula is C2H2KN2O2+. The van der Waals surface area contributed by atoms with Crippen molar-refractivity contribution in [2.75, 3.05) is 0 Å². The van der Waals surface area contributed by atoms with E-state index in [1.165, 1.54) is 0 Å². The summed E-state index contributed by atoms with van der Waals surface area (Å²) < 4.78 is 4.52. The van der Waals surface area contributed by atoms with Crippen molar-refractivity contribution in [3.8, 4) is 0 Å². The minimum absolute atomic E-state index is 0. The summed E-state index contributed by atoms with van der Waals surface area (Å²) >= 11 is 0. The van der Waals surface area contributed by atoms with E-state index in [-0.39, 0.29) is 51.4 Å². The van der Waals surface area contributed by atoms with Gasteiger partial charge in [-0.2, -0.15) is 0 Å². The Balaban J connectivity index is 0.000000360. The fourth-order valence-corrected chi connectivity index (χ4v) is 0.175. The van der Waals surface area contributed by atoms with E-state index in [1.54, 1.807) is 0 Å². The van der Waals surface area contributed by atoms with Gasteiger partial charge in [0.2, 0.25) is 0 Å². The van der Waals surface area contributed by atoms with Crippen molar-refractivity contribution in [3.63, 3.8) is 0 Å². The Morgan fingerprint density at radius 2 is 2.57 bits per heavy atom. The second-order valence-electron chi connectivity index (χ2n) is 0.750. The standard InChI is InChI=1S/C2H2N2O2.K/c5-4-1-2-6-3-4;/h2-3H;/q;+1. The molecule has 5 heteroatoms. The zero-order valence-electron chi connectivity index (χ0n) is 3.84. The minimum atomic E-state index is 0. The van der Waals surface area contributed by atoms with E-state index in [9.17, 15) is 4.91 Å². The van der Waals surface area contributed by atoms with Crippen LogP contribution in [0.1, 0.15) is 0 Å². The smallest absolute Gasteiger partial charge is 0.374 e. The van der Waals surface area contributed by atoms with Gasteiger partial charge in [-0.1, -0.05) is 0 Å². The van der Waals surface area contributed by atoms with Crippen molar-refractivity contribution >= 4 is 0 Å². The molecule has 1 aromatic heterocycles. The maximum atomic E-state index is 9.78. The number of rotatable bonds is 0. The van der Waals surface area contributed by atoms with Crippen molar-refractivity contribution in [1.82, 2.24) is 5.27 Å². The van der Waals surface area contributed by atoms with Crippen LogP contribution in [0.15, 0.2) is 10.8 Å². The molecule has 0 saturated carbocycles. The van der Waals surface area contributed by atoms with Crippen molar-refractivity contribution in [1.29, 1.82) is 0 Å². The van der Waals surface area contributed by atoms with Gasteiger partial charge < -0.3 is 4.52 Å². The molecule has 1 aromatic rings. The van der Waals surface area contributed by atoms with E-state index in [4.69, 9.17) is 0 Å². The summed E-state index contributed by atoms with van der Waals surface area (Å²) in [6.45, 7) is 0. The van der Waals surface area contributed by atoms with Crippen molar-refractivity contribution in [2.24, 2.45) is 0 Å². The summed E-state index contributed by atoms with van der Waals surface area (Å²) in [4.78, 5) is 9.78. The molecule has 4 nitrogen and oxygen atoms in total. The van der Waals surface area contributed by atoms with Crippen molar-refractivity contribution in [2.45, 2.75) is 0 Å². The van der Waals surface area contributed by atoms with E-state index in [1.807, 2.05) is 5.27 Å². The number of nitrogens with one attached hydrogen (secondary N) is 1. The summed E-state index contributed by atoms with van der Waals surface area (Å²) in [7, 11) is 0. The van der Waals surface area contributed by atoms with E-state index < -0.39 is 0 Å². The van der Waals surface area contributed by atoms with Gasteiger partial charge >= 0.3 is 51.4 Å². The van der Waals surface area contributed by atoms with Gasteiger partial charge in [0, 0.05) is 15.7 Å². The third-order valence-corrected chi connectivity index (χ3v) is 0.365. The van der Waals surface area contributed by atoms with Gasteiger partial charge in [-0.05, 0) is 11.5 Å². The Bertz CT molecular complexity index is 151. The quantitative estimate of drug-likeness (QED) is 0.221. The molecule has 0 radical (unpaired) electrons. The van der Waals surface area contributed by atoms with Crippen LogP contribution in [0.25, 0.3) is 0 Å². The number of hydrogen-bond acceptors (Lipinski definition) is 2. The van der Waals surface area contributed by atoms with Gasteiger partial charge in [0.1, 0.15) is 0 Å². The predicted molar refractivity (Wildman–Crippen MR) is 15.3 cm³/mol. The van der Waals surface area contributed by atoms with Crippen molar-refractivity contribution in [3.05, 3.63) is 17.4 Å². The summed E-state index contributed by atoms with van der Waals surface area (Å²) in [5, 5.41) is 1.93. The molecule has 0 unspecified atom stereocenters. The first-order valence-electron chi connectivity index (χ1n) is 1.36. The largest absolute Gasteiger partial charge is 1.00 e. The number of aromatic nitrogens is 2. The summed E-state index contributed by atoms with van der Waals surface area (Å²) in [5.74, 6) is 0. The van der Waals surface area contributed by atoms with Crippen LogP contribution in [0.4, 0.5) is 0 Å². The van der Waals surface area contributed by atoms with Gasteiger partial charge in [0.25, 0.3) is 0 Å². The monoisotopic (exact) mass is 125 g/mol. The molecule has 0 spiro atoms. The molecule has 32 valence electrons. The fourth-order valence-electron chi connectivity index (χ4n) is 0.175. The molecular weight excluding hydrogens is 123 g/mol. The summed E-state index contributed by atoms with van der Waals surface area (Å²) in [6.07, 6.45) is 3.27. The van der Waals surface area contributed by atoms with Crippen molar-refractivity contribution < 1.29 is 60.4 Å². The molecule has 0 amide bonds. The molecule has 1 rings (SSSR count). The molecule has 0 fully saturated rings. The third-order valence-electron chi connectivity index (χ3n) is 0.365. The van der Waals surface area contributed by atoms with Gasteiger partial charge in [-0.15, -0.1) is 0 Å². The molecule has 0 saturated heterocycles. The van der Waals surface area contributed by atoms with E-state index in [2.05, 4.69) is 10.7 Å². The maximum Gasteiger partial charge on any atom is 1.00 e. The second kappa shape index (κ2) is 3.56. The molecule has 0 bridgehead atoms. The average molecular weight is 125 g/mol. The first-order valence-corrected chi connectivity index (χ1v) is 1.36.